The topological polar surface area (TPSA) is 50.9 Å². The molecule has 7 aromatic rings. The van der Waals surface area contributed by atoms with E-state index in [4.69, 9.17) is 9.97 Å². The van der Waals surface area contributed by atoms with Crippen molar-refractivity contribution in [3.63, 3.8) is 0 Å². The van der Waals surface area contributed by atoms with E-state index in [1.54, 1.807) is 0 Å². The van der Waals surface area contributed by atoms with Crippen LogP contribution in [0.15, 0.2) is 109 Å². The fraction of sp³-hybridized carbons (Fsp3) is 0.280. The number of imidazole rings is 1. The molecule has 0 radical (unpaired) electrons. The molecular weight excluding hydrogens is 854 g/mol. The fourth-order valence-corrected chi connectivity index (χ4v) is 7.48. The smallest absolute Gasteiger partial charge is 0.148 e. The summed E-state index contributed by atoms with van der Waals surface area (Å²) in [6.45, 7) is 24.2. The number of hydrogen-bond acceptors (Lipinski definition) is 3. The quantitative estimate of drug-likeness (QED) is 0.175. The third kappa shape index (κ3) is 7.59. The van der Waals surface area contributed by atoms with Crippen LogP contribution in [-0.4, -0.2) is 19.6 Å². The Bertz CT molecular complexity index is 2510. The first-order valence-corrected chi connectivity index (χ1v) is 19.0. The summed E-state index contributed by atoms with van der Waals surface area (Å²) in [5, 5.41) is 12.1. The Morgan fingerprint density at radius 3 is 1.85 bits per heavy atom. The number of hydrogen-bond donors (Lipinski definition) is 1. The molecule has 0 amide bonds. The molecule has 5 aromatic carbocycles. The Kier molecular flexibility index (Phi) is 10.7. The van der Waals surface area contributed by atoms with Crippen molar-refractivity contribution in [3.05, 3.63) is 143 Å². The standard InChI is InChI=1S/C50H52N3O.Pt/c1-31-30-51-44(32(2)43(31)33-19-14-12-15-20-33)35-25-34(26-36(27-35)48(3,4)5)39-23-18-24-42-45(39)52-47(53(42)38-21-16-13-17-22-38)40-28-37(49(6,7)8)29-41(46(40)54)50(9,10)11;/h12-24,26-30,54H,1-11H3;/q-1;. The molecular formula is C50H52N3OPt-. The summed E-state index contributed by atoms with van der Waals surface area (Å²) in [5.74, 6) is 0.969. The van der Waals surface area contributed by atoms with Gasteiger partial charge in [-0.25, -0.2) is 4.98 Å². The molecule has 7 rings (SSSR count). The third-order valence-corrected chi connectivity index (χ3v) is 10.6. The van der Waals surface area contributed by atoms with Gasteiger partial charge in [-0.3, -0.25) is 9.55 Å². The zero-order valence-corrected chi connectivity index (χ0v) is 36.3. The Morgan fingerprint density at radius 1 is 0.636 bits per heavy atom. The number of rotatable bonds is 5. The first-order valence-electron chi connectivity index (χ1n) is 19.0. The van der Waals surface area contributed by atoms with Crippen LogP contribution < -0.4 is 0 Å². The second-order valence-electron chi connectivity index (χ2n) is 17.8. The van der Waals surface area contributed by atoms with Crippen molar-refractivity contribution in [1.29, 1.82) is 0 Å². The van der Waals surface area contributed by atoms with E-state index < -0.39 is 0 Å². The van der Waals surface area contributed by atoms with E-state index in [0.717, 1.165) is 66.9 Å². The second kappa shape index (κ2) is 14.7. The van der Waals surface area contributed by atoms with Crippen LogP contribution in [0.5, 0.6) is 5.75 Å². The molecule has 0 aliphatic heterocycles. The van der Waals surface area contributed by atoms with Crippen LogP contribution in [0.2, 0.25) is 0 Å². The molecule has 4 nitrogen and oxygen atoms in total. The maximum absolute atomic E-state index is 12.1. The first kappa shape index (κ1) is 39.9. The number of nitrogens with zero attached hydrogens (tertiary/aromatic N) is 3. The van der Waals surface area contributed by atoms with Crippen LogP contribution in [-0.2, 0) is 37.3 Å². The van der Waals surface area contributed by atoms with Gasteiger partial charge in [-0.05, 0) is 76.6 Å². The predicted molar refractivity (Wildman–Crippen MR) is 227 cm³/mol. The number of aromatic nitrogens is 3. The monoisotopic (exact) mass is 905 g/mol. The van der Waals surface area contributed by atoms with E-state index in [-0.39, 0.29) is 43.1 Å². The number of fused-ring (bicyclic) bond motifs is 1. The summed E-state index contributed by atoms with van der Waals surface area (Å²) in [6, 6.07) is 39.9. The normalized spacial score (nSPS) is 12.2. The van der Waals surface area contributed by atoms with Crippen LogP contribution in [0, 0.1) is 19.9 Å². The van der Waals surface area contributed by atoms with Gasteiger partial charge in [0, 0.05) is 44.2 Å². The average molecular weight is 906 g/mol. The molecule has 0 spiro atoms. The van der Waals surface area contributed by atoms with Crippen molar-refractivity contribution in [2.45, 2.75) is 92.4 Å². The number of phenols is 1. The number of pyridine rings is 1. The maximum Gasteiger partial charge on any atom is 0.148 e. The van der Waals surface area contributed by atoms with Crippen LogP contribution in [0.3, 0.4) is 0 Å². The van der Waals surface area contributed by atoms with Gasteiger partial charge in [-0.15, -0.1) is 29.3 Å². The SMILES string of the molecule is Cc1cnc(-c2[c-]c(-c3cccc4c3nc(-c3cc(C(C)(C)C)cc(C(C)(C)C)c3O)n4-c3ccccc3)cc(C(C)(C)C)c2)c(C)c1-c1ccccc1.[Pt]. The molecule has 0 saturated heterocycles. The largest absolute Gasteiger partial charge is 0.507 e. The van der Waals surface area contributed by atoms with E-state index in [1.165, 1.54) is 16.7 Å². The van der Waals surface area contributed by atoms with E-state index >= 15 is 0 Å². The molecule has 2 aromatic heterocycles. The molecule has 0 unspecified atom stereocenters. The number of aromatic hydroxyl groups is 1. The maximum atomic E-state index is 12.1. The summed E-state index contributed by atoms with van der Waals surface area (Å²) in [6.07, 6.45) is 1.99. The summed E-state index contributed by atoms with van der Waals surface area (Å²) in [7, 11) is 0. The minimum atomic E-state index is -0.282. The van der Waals surface area contributed by atoms with Gasteiger partial charge >= 0.3 is 0 Å². The van der Waals surface area contributed by atoms with Crippen LogP contribution in [0.4, 0.5) is 0 Å². The zero-order valence-electron chi connectivity index (χ0n) is 34.0. The van der Waals surface area contributed by atoms with Gasteiger partial charge in [0.2, 0.25) is 0 Å². The Hall–Kier alpha value is -4.79. The van der Waals surface area contributed by atoms with Gasteiger partial charge < -0.3 is 5.11 Å². The summed E-state index contributed by atoms with van der Waals surface area (Å²) < 4.78 is 2.19. The minimum absolute atomic E-state index is 0. The number of aryl methyl sites for hydroxylation is 1. The minimum Gasteiger partial charge on any atom is -0.507 e. The van der Waals surface area contributed by atoms with E-state index in [2.05, 4.69) is 172 Å². The van der Waals surface area contributed by atoms with Gasteiger partial charge in [0.1, 0.15) is 11.6 Å². The Morgan fingerprint density at radius 2 is 1.24 bits per heavy atom. The molecule has 1 N–H and O–H groups in total. The van der Waals surface area contributed by atoms with Crippen molar-refractivity contribution >= 4 is 11.0 Å². The van der Waals surface area contributed by atoms with Gasteiger partial charge in [0.05, 0.1) is 16.6 Å². The van der Waals surface area contributed by atoms with Crippen LogP contribution >= 0.6 is 0 Å². The van der Waals surface area contributed by atoms with Gasteiger partial charge in [0.15, 0.2) is 0 Å². The van der Waals surface area contributed by atoms with E-state index in [0.29, 0.717) is 5.82 Å². The molecule has 284 valence electrons. The zero-order chi connectivity index (χ0) is 38.7. The molecule has 0 aliphatic rings. The Balaban J connectivity index is 0.00000514. The van der Waals surface area contributed by atoms with E-state index in [9.17, 15) is 5.11 Å². The van der Waals surface area contributed by atoms with Gasteiger partial charge in [-0.2, -0.15) is 0 Å². The molecule has 2 heterocycles. The van der Waals surface area contributed by atoms with Crippen molar-refractivity contribution in [3.8, 4) is 56.3 Å². The van der Waals surface area contributed by atoms with Gasteiger partial charge in [-0.1, -0.05) is 146 Å². The average Bonchev–Trinajstić information content (AvgIpc) is 3.51. The molecule has 0 atom stereocenters. The summed E-state index contributed by atoms with van der Waals surface area (Å²) in [5.41, 5.74) is 14.7. The molecule has 0 aliphatic carbocycles. The van der Waals surface area contributed by atoms with Crippen LogP contribution in [0.1, 0.15) is 90.1 Å². The van der Waals surface area contributed by atoms with Crippen molar-refractivity contribution in [2.24, 2.45) is 0 Å². The summed E-state index contributed by atoms with van der Waals surface area (Å²) >= 11 is 0. The number of phenolic OH excluding ortho intramolecular Hbond substituents is 1. The van der Waals surface area contributed by atoms with Gasteiger partial charge in [0.25, 0.3) is 0 Å². The molecule has 0 bridgehead atoms. The van der Waals surface area contributed by atoms with Crippen molar-refractivity contribution < 1.29 is 26.2 Å². The van der Waals surface area contributed by atoms with E-state index in [1.807, 2.05) is 24.4 Å². The van der Waals surface area contributed by atoms with Crippen LogP contribution in [0.25, 0.3) is 61.6 Å². The fourth-order valence-electron chi connectivity index (χ4n) is 7.48. The molecule has 0 saturated carbocycles. The number of benzene rings is 5. The van der Waals surface area contributed by atoms with Crippen molar-refractivity contribution in [2.75, 3.05) is 0 Å². The molecule has 55 heavy (non-hydrogen) atoms. The number of para-hydroxylation sites is 2. The second-order valence-corrected chi connectivity index (χ2v) is 17.8. The third-order valence-electron chi connectivity index (χ3n) is 10.6. The predicted octanol–water partition coefficient (Wildman–Crippen LogP) is 13.1. The first-order chi connectivity index (χ1) is 25.4. The summed E-state index contributed by atoms with van der Waals surface area (Å²) in [4.78, 5) is 10.5. The molecule has 5 heteroatoms. The molecule has 0 fully saturated rings. The van der Waals surface area contributed by atoms with Crippen molar-refractivity contribution in [1.82, 2.24) is 14.5 Å². The Labute approximate surface area is 342 Å².